The van der Waals surface area contributed by atoms with Crippen LogP contribution >= 0.6 is 11.3 Å². The van der Waals surface area contributed by atoms with Crippen molar-refractivity contribution in [1.82, 2.24) is 4.98 Å². The molecule has 1 rings (SSSR count). The van der Waals surface area contributed by atoms with E-state index in [0.717, 1.165) is 35.1 Å². The molecule has 3 nitrogen and oxygen atoms in total. The molecule has 1 N–H and O–H groups in total. The maximum Gasteiger partial charge on any atom is 0.185 e. The van der Waals surface area contributed by atoms with Crippen LogP contribution in [0.1, 0.15) is 30.8 Å². The summed E-state index contributed by atoms with van der Waals surface area (Å²) in [5.74, 6) is 0. The molecule has 80 valence electrons. The molecule has 0 bridgehead atoms. The van der Waals surface area contributed by atoms with E-state index in [1.54, 1.807) is 11.3 Å². The Kier molecular flexibility index (Phi) is 4.35. The summed E-state index contributed by atoms with van der Waals surface area (Å²) in [6.07, 6.45) is 2.01. The standard InChI is InChI=1S/C10H18N2OS/c1-4-6-12(3)10-11-8(5-2)9(7-13)14-10/h13H,4-7H2,1-3H3. The van der Waals surface area contributed by atoms with Gasteiger partial charge >= 0.3 is 0 Å². The average Bonchev–Trinajstić information content (AvgIpc) is 2.61. The quantitative estimate of drug-likeness (QED) is 0.815. The fraction of sp³-hybridized carbons (Fsp3) is 0.700. The van der Waals surface area contributed by atoms with Gasteiger partial charge in [0.25, 0.3) is 0 Å². The second-order valence-electron chi connectivity index (χ2n) is 3.30. The van der Waals surface area contributed by atoms with E-state index in [9.17, 15) is 0 Å². The van der Waals surface area contributed by atoms with Gasteiger partial charge in [0.2, 0.25) is 0 Å². The fourth-order valence-electron chi connectivity index (χ4n) is 1.36. The Labute approximate surface area is 89.4 Å². The first-order valence-corrected chi connectivity index (χ1v) is 5.85. The highest BCUT2D eigenvalue weighted by Gasteiger charge is 2.11. The lowest BCUT2D eigenvalue weighted by molar-refractivity contribution is 0.284. The molecule has 0 fully saturated rings. The number of rotatable bonds is 5. The highest BCUT2D eigenvalue weighted by atomic mass is 32.1. The molecular weight excluding hydrogens is 196 g/mol. The van der Waals surface area contributed by atoms with Crippen molar-refractivity contribution in [3.63, 3.8) is 0 Å². The van der Waals surface area contributed by atoms with Crippen LogP contribution in [0.2, 0.25) is 0 Å². The van der Waals surface area contributed by atoms with Gasteiger partial charge in [-0.05, 0) is 12.8 Å². The minimum absolute atomic E-state index is 0.112. The van der Waals surface area contributed by atoms with Crippen LogP contribution < -0.4 is 4.90 Å². The molecule has 4 heteroatoms. The van der Waals surface area contributed by atoms with Gasteiger partial charge < -0.3 is 10.0 Å². The van der Waals surface area contributed by atoms with E-state index < -0.39 is 0 Å². The molecule has 0 aliphatic carbocycles. The Hall–Kier alpha value is -0.610. The normalized spacial score (nSPS) is 10.6. The van der Waals surface area contributed by atoms with Crippen LogP contribution in [-0.2, 0) is 13.0 Å². The van der Waals surface area contributed by atoms with E-state index >= 15 is 0 Å². The summed E-state index contributed by atoms with van der Waals surface area (Å²) >= 11 is 1.60. The third-order valence-corrected chi connectivity index (χ3v) is 3.33. The Morgan fingerprint density at radius 3 is 2.57 bits per heavy atom. The van der Waals surface area contributed by atoms with Crippen LogP contribution in [0.4, 0.5) is 5.13 Å². The summed E-state index contributed by atoms with van der Waals surface area (Å²) in [6.45, 7) is 5.35. The highest BCUT2D eigenvalue weighted by molar-refractivity contribution is 7.15. The predicted molar refractivity (Wildman–Crippen MR) is 61.0 cm³/mol. The van der Waals surface area contributed by atoms with E-state index in [4.69, 9.17) is 5.11 Å². The zero-order chi connectivity index (χ0) is 10.6. The first-order chi connectivity index (χ1) is 6.72. The summed E-state index contributed by atoms with van der Waals surface area (Å²) in [6, 6.07) is 0. The maximum atomic E-state index is 9.13. The lowest BCUT2D eigenvalue weighted by atomic mass is 10.3. The van der Waals surface area contributed by atoms with Crippen molar-refractivity contribution in [3.8, 4) is 0 Å². The van der Waals surface area contributed by atoms with E-state index in [1.807, 2.05) is 7.05 Å². The number of nitrogens with zero attached hydrogens (tertiary/aromatic N) is 2. The summed E-state index contributed by atoms with van der Waals surface area (Å²) in [7, 11) is 2.04. The molecule has 0 saturated carbocycles. The largest absolute Gasteiger partial charge is 0.391 e. The van der Waals surface area contributed by atoms with Gasteiger partial charge in [-0.1, -0.05) is 25.2 Å². The number of aliphatic hydroxyl groups excluding tert-OH is 1. The molecule has 1 aromatic heterocycles. The monoisotopic (exact) mass is 214 g/mol. The summed E-state index contributed by atoms with van der Waals surface area (Å²) in [5.41, 5.74) is 1.04. The topological polar surface area (TPSA) is 36.4 Å². The molecule has 0 radical (unpaired) electrons. The van der Waals surface area contributed by atoms with Crippen molar-refractivity contribution in [1.29, 1.82) is 0 Å². The number of aliphatic hydroxyl groups is 1. The van der Waals surface area contributed by atoms with Crippen molar-refractivity contribution < 1.29 is 5.11 Å². The van der Waals surface area contributed by atoms with E-state index in [2.05, 4.69) is 23.7 Å². The van der Waals surface area contributed by atoms with Gasteiger partial charge in [0.1, 0.15) is 0 Å². The first kappa shape index (κ1) is 11.5. The van der Waals surface area contributed by atoms with Gasteiger partial charge in [-0.2, -0.15) is 0 Å². The Morgan fingerprint density at radius 1 is 1.43 bits per heavy atom. The molecule has 0 atom stereocenters. The predicted octanol–water partition coefficient (Wildman–Crippen LogP) is 2.04. The van der Waals surface area contributed by atoms with Gasteiger partial charge in [0, 0.05) is 13.6 Å². The van der Waals surface area contributed by atoms with E-state index in [-0.39, 0.29) is 6.61 Å². The Morgan fingerprint density at radius 2 is 2.14 bits per heavy atom. The highest BCUT2D eigenvalue weighted by Crippen LogP contribution is 2.26. The zero-order valence-electron chi connectivity index (χ0n) is 9.08. The number of aryl methyl sites for hydroxylation is 1. The summed E-state index contributed by atoms with van der Waals surface area (Å²) < 4.78 is 0. The van der Waals surface area contributed by atoms with Crippen LogP contribution in [0, 0.1) is 0 Å². The molecular formula is C10H18N2OS. The van der Waals surface area contributed by atoms with Gasteiger partial charge in [-0.25, -0.2) is 4.98 Å². The second kappa shape index (κ2) is 5.32. The summed E-state index contributed by atoms with van der Waals surface area (Å²) in [5, 5.41) is 10.1. The van der Waals surface area contributed by atoms with Gasteiger partial charge in [-0.3, -0.25) is 0 Å². The minimum atomic E-state index is 0.112. The van der Waals surface area contributed by atoms with E-state index in [0.29, 0.717) is 0 Å². The van der Waals surface area contributed by atoms with Crippen molar-refractivity contribution in [2.45, 2.75) is 33.3 Å². The third kappa shape index (κ3) is 2.45. The molecule has 0 spiro atoms. The van der Waals surface area contributed by atoms with Gasteiger partial charge in [0.05, 0.1) is 17.2 Å². The molecule has 0 aromatic carbocycles. The second-order valence-corrected chi connectivity index (χ2v) is 4.36. The number of thiazole rings is 1. The molecule has 0 aliphatic heterocycles. The van der Waals surface area contributed by atoms with Crippen molar-refractivity contribution in [3.05, 3.63) is 10.6 Å². The van der Waals surface area contributed by atoms with Crippen molar-refractivity contribution >= 4 is 16.5 Å². The number of aromatic nitrogens is 1. The summed E-state index contributed by atoms with van der Waals surface area (Å²) in [4.78, 5) is 7.65. The Balaban J connectivity index is 2.83. The lowest BCUT2D eigenvalue weighted by Gasteiger charge is -2.13. The van der Waals surface area contributed by atoms with Crippen LogP contribution in [0.25, 0.3) is 0 Å². The van der Waals surface area contributed by atoms with Crippen molar-refractivity contribution in [2.75, 3.05) is 18.5 Å². The lowest BCUT2D eigenvalue weighted by Crippen LogP contribution is -2.17. The fourth-order valence-corrected chi connectivity index (χ4v) is 2.36. The van der Waals surface area contributed by atoms with Crippen molar-refractivity contribution in [2.24, 2.45) is 0 Å². The first-order valence-electron chi connectivity index (χ1n) is 5.03. The molecule has 0 aliphatic rings. The maximum absolute atomic E-state index is 9.13. The van der Waals surface area contributed by atoms with Gasteiger partial charge in [0.15, 0.2) is 5.13 Å². The number of hydrogen-bond acceptors (Lipinski definition) is 4. The molecule has 1 aromatic rings. The van der Waals surface area contributed by atoms with Crippen LogP contribution in [0.5, 0.6) is 0 Å². The smallest absolute Gasteiger partial charge is 0.185 e. The zero-order valence-corrected chi connectivity index (χ0v) is 9.89. The molecule has 1 heterocycles. The van der Waals surface area contributed by atoms with E-state index in [1.165, 1.54) is 0 Å². The molecule has 14 heavy (non-hydrogen) atoms. The molecule has 0 saturated heterocycles. The average molecular weight is 214 g/mol. The molecule has 0 amide bonds. The third-order valence-electron chi connectivity index (χ3n) is 2.13. The van der Waals surface area contributed by atoms with Crippen LogP contribution in [0.15, 0.2) is 0 Å². The Bertz CT molecular complexity index is 264. The SMILES string of the molecule is CCCN(C)c1nc(CC)c(CO)s1. The molecule has 0 unspecified atom stereocenters. The van der Waals surface area contributed by atoms with Crippen LogP contribution in [-0.4, -0.2) is 23.7 Å². The van der Waals surface area contributed by atoms with Gasteiger partial charge in [-0.15, -0.1) is 0 Å². The number of hydrogen-bond donors (Lipinski definition) is 1. The number of anilines is 1. The minimum Gasteiger partial charge on any atom is -0.391 e. The van der Waals surface area contributed by atoms with Crippen LogP contribution in [0.3, 0.4) is 0 Å².